The van der Waals surface area contributed by atoms with Crippen LogP contribution in [-0.2, 0) is 12.7 Å². The second kappa shape index (κ2) is 6.37. The summed E-state index contributed by atoms with van der Waals surface area (Å²) in [6, 6.07) is 2.73. The van der Waals surface area contributed by atoms with Gasteiger partial charge in [-0.2, -0.15) is 13.2 Å². The van der Waals surface area contributed by atoms with Gasteiger partial charge in [0.05, 0.1) is 16.3 Å². The molecule has 2 aromatic heterocycles. The van der Waals surface area contributed by atoms with Gasteiger partial charge in [0.2, 0.25) is 0 Å². The Balaban J connectivity index is 1.63. The number of rotatable bonds is 3. The maximum atomic E-state index is 12.6. The van der Waals surface area contributed by atoms with Gasteiger partial charge in [0, 0.05) is 45.0 Å². The second-order valence-electron chi connectivity index (χ2n) is 5.28. The Kier molecular flexibility index (Phi) is 4.45. The van der Waals surface area contributed by atoms with E-state index in [1.54, 1.807) is 6.07 Å². The standard InChI is InChI=1S/C14H14ClF3N4O/c15-12-7-10(14(16,17)18)8-19-13(12)22-4-2-21(3-5-22)9-11-1-6-23-20-11/h1,6-8H,2-5,9H2. The smallest absolute Gasteiger partial charge is 0.364 e. The fraction of sp³-hybridized carbons (Fsp3) is 0.429. The molecule has 0 atom stereocenters. The van der Waals surface area contributed by atoms with Gasteiger partial charge in [-0.3, -0.25) is 4.90 Å². The third-order valence-corrected chi connectivity index (χ3v) is 3.98. The van der Waals surface area contributed by atoms with Crippen molar-refractivity contribution in [2.45, 2.75) is 12.7 Å². The molecule has 0 spiro atoms. The zero-order valence-electron chi connectivity index (χ0n) is 12.1. The van der Waals surface area contributed by atoms with Crippen molar-refractivity contribution < 1.29 is 17.7 Å². The van der Waals surface area contributed by atoms with Gasteiger partial charge in [-0.15, -0.1) is 0 Å². The molecule has 0 aliphatic carbocycles. The number of piperazine rings is 1. The summed E-state index contributed by atoms with van der Waals surface area (Å²) in [6.45, 7) is 3.43. The first kappa shape index (κ1) is 16.1. The van der Waals surface area contributed by atoms with Crippen LogP contribution >= 0.6 is 11.6 Å². The Morgan fingerprint density at radius 3 is 2.52 bits per heavy atom. The van der Waals surface area contributed by atoms with E-state index in [-0.39, 0.29) is 5.02 Å². The van der Waals surface area contributed by atoms with Gasteiger partial charge < -0.3 is 9.42 Å². The average molecular weight is 347 g/mol. The van der Waals surface area contributed by atoms with Crippen molar-refractivity contribution in [3.63, 3.8) is 0 Å². The van der Waals surface area contributed by atoms with Gasteiger partial charge in [0.15, 0.2) is 0 Å². The van der Waals surface area contributed by atoms with Gasteiger partial charge in [0.1, 0.15) is 12.1 Å². The first-order chi connectivity index (χ1) is 10.9. The van der Waals surface area contributed by atoms with Crippen LogP contribution in [0.3, 0.4) is 0 Å². The topological polar surface area (TPSA) is 45.4 Å². The molecule has 124 valence electrons. The molecule has 0 aromatic carbocycles. The predicted octanol–water partition coefficient (Wildman–Crippen LogP) is 3.06. The van der Waals surface area contributed by atoms with Crippen LogP contribution in [0, 0.1) is 0 Å². The monoisotopic (exact) mass is 346 g/mol. The summed E-state index contributed by atoms with van der Waals surface area (Å²) in [5.74, 6) is 0.390. The second-order valence-corrected chi connectivity index (χ2v) is 5.69. The summed E-state index contributed by atoms with van der Waals surface area (Å²) < 4.78 is 42.7. The number of anilines is 1. The maximum Gasteiger partial charge on any atom is 0.417 e. The molecule has 0 unspecified atom stereocenters. The van der Waals surface area contributed by atoms with Crippen LogP contribution in [0.5, 0.6) is 0 Å². The summed E-state index contributed by atoms with van der Waals surface area (Å²) >= 11 is 5.98. The minimum Gasteiger partial charge on any atom is -0.364 e. The highest BCUT2D eigenvalue weighted by molar-refractivity contribution is 6.33. The third-order valence-electron chi connectivity index (χ3n) is 3.70. The van der Waals surface area contributed by atoms with E-state index in [1.165, 1.54) is 6.26 Å². The first-order valence-corrected chi connectivity index (χ1v) is 7.40. The zero-order valence-corrected chi connectivity index (χ0v) is 12.8. The Hall–Kier alpha value is -1.80. The molecule has 2 aromatic rings. The van der Waals surface area contributed by atoms with Crippen LogP contribution in [0.15, 0.2) is 29.1 Å². The Bertz CT molecular complexity index is 655. The van der Waals surface area contributed by atoms with Gasteiger partial charge in [-0.1, -0.05) is 16.8 Å². The molecule has 0 bridgehead atoms. The van der Waals surface area contributed by atoms with Gasteiger partial charge >= 0.3 is 6.18 Å². The molecule has 1 aliphatic heterocycles. The van der Waals surface area contributed by atoms with E-state index in [9.17, 15) is 13.2 Å². The maximum absolute atomic E-state index is 12.6. The normalized spacial score (nSPS) is 16.8. The predicted molar refractivity (Wildman–Crippen MR) is 78.2 cm³/mol. The fourth-order valence-corrected chi connectivity index (χ4v) is 2.77. The quantitative estimate of drug-likeness (QED) is 0.854. The molecule has 23 heavy (non-hydrogen) atoms. The van der Waals surface area contributed by atoms with Crippen molar-refractivity contribution in [3.8, 4) is 0 Å². The molecule has 1 aliphatic rings. The molecule has 3 rings (SSSR count). The van der Waals surface area contributed by atoms with Crippen molar-refractivity contribution in [2.24, 2.45) is 0 Å². The van der Waals surface area contributed by atoms with Crippen LogP contribution in [-0.4, -0.2) is 41.2 Å². The fourth-order valence-electron chi connectivity index (χ4n) is 2.48. The van der Waals surface area contributed by atoms with E-state index >= 15 is 0 Å². The number of alkyl halides is 3. The summed E-state index contributed by atoms with van der Waals surface area (Å²) in [5.41, 5.74) is 0.0139. The minimum atomic E-state index is -4.44. The molecule has 0 N–H and O–H groups in total. The average Bonchev–Trinajstić information content (AvgIpc) is 3.00. The van der Waals surface area contributed by atoms with E-state index in [4.69, 9.17) is 16.1 Å². The zero-order chi connectivity index (χ0) is 16.4. The third kappa shape index (κ3) is 3.76. The summed E-state index contributed by atoms with van der Waals surface area (Å²) in [5, 5.41) is 3.88. The van der Waals surface area contributed by atoms with E-state index < -0.39 is 11.7 Å². The molecular formula is C14H14ClF3N4O. The molecule has 0 radical (unpaired) electrons. The Morgan fingerprint density at radius 2 is 1.96 bits per heavy atom. The molecule has 1 saturated heterocycles. The SMILES string of the molecule is FC(F)(F)c1cnc(N2CCN(Cc3ccon3)CC2)c(Cl)c1. The number of hydrogen-bond acceptors (Lipinski definition) is 5. The molecule has 5 nitrogen and oxygen atoms in total. The lowest BCUT2D eigenvalue weighted by atomic mass is 10.2. The summed E-state index contributed by atoms with van der Waals surface area (Å²) in [7, 11) is 0. The van der Waals surface area contributed by atoms with E-state index in [2.05, 4.69) is 15.0 Å². The van der Waals surface area contributed by atoms with Crippen molar-refractivity contribution >= 4 is 17.4 Å². The minimum absolute atomic E-state index is 0.0183. The van der Waals surface area contributed by atoms with Crippen molar-refractivity contribution in [3.05, 3.63) is 40.9 Å². The molecule has 1 fully saturated rings. The highest BCUT2D eigenvalue weighted by Crippen LogP contribution is 2.33. The largest absolute Gasteiger partial charge is 0.417 e. The highest BCUT2D eigenvalue weighted by Gasteiger charge is 2.32. The van der Waals surface area contributed by atoms with Crippen LogP contribution in [0.1, 0.15) is 11.3 Å². The molecular weight excluding hydrogens is 333 g/mol. The lowest BCUT2D eigenvalue weighted by Crippen LogP contribution is -2.46. The lowest BCUT2D eigenvalue weighted by Gasteiger charge is -2.35. The van der Waals surface area contributed by atoms with Gasteiger partial charge in [-0.05, 0) is 6.07 Å². The van der Waals surface area contributed by atoms with E-state index in [0.29, 0.717) is 25.5 Å². The van der Waals surface area contributed by atoms with Crippen LogP contribution in [0.25, 0.3) is 0 Å². The van der Waals surface area contributed by atoms with E-state index in [0.717, 1.165) is 31.0 Å². The Morgan fingerprint density at radius 1 is 1.22 bits per heavy atom. The van der Waals surface area contributed by atoms with Crippen molar-refractivity contribution in [2.75, 3.05) is 31.1 Å². The number of halogens is 4. The number of aromatic nitrogens is 2. The molecule has 9 heteroatoms. The van der Waals surface area contributed by atoms with Crippen LogP contribution in [0.4, 0.5) is 19.0 Å². The summed E-state index contributed by atoms with van der Waals surface area (Å²) in [4.78, 5) is 7.97. The van der Waals surface area contributed by atoms with Crippen molar-refractivity contribution in [1.29, 1.82) is 0 Å². The molecule has 0 saturated carbocycles. The summed E-state index contributed by atoms with van der Waals surface area (Å²) in [6.07, 6.45) is -2.09. The first-order valence-electron chi connectivity index (χ1n) is 7.03. The number of nitrogens with zero attached hydrogens (tertiary/aromatic N) is 4. The van der Waals surface area contributed by atoms with Crippen LogP contribution in [0.2, 0.25) is 5.02 Å². The van der Waals surface area contributed by atoms with Gasteiger partial charge in [0.25, 0.3) is 0 Å². The lowest BCUT2D eigenvalue weighted by molar-refractivity contribution is -0.137. The van der Waals surface area contributed by atoms with Gasteiger partial charge in [-0.25, -0.2) is 4.98 Å². The Labute approximate surface area is 135 Å². The molecule has 0 amide bonds. The van der Waals surface area contributed by atoms with E-state index in [1.807, 2.05) is 4.90 Å². The number of hydrogen-bond donors (Lipinski definition) is 0. The highest BCUT2D eigenvalue weighted by atomic mass is 35.5. The van der Waals surface area contributed by atoms with Crippen molar-refractivity contribution in [1.82, 2.24) is 15.0 Å². The number of pyridine rings is 1. The van der Waals surface area contributed by atoms with Crippen LogP contribution < -0.4 is 4.90 Å². The molecule has 3 heterocycles.